The highest BCUT2D eigenvalue weighted by Crippen LogP contribution is 2.47. The molecule has 94 valence electrons. The third-order valence-electron chi connectivity index (χ3n) is 4.08. The van der Waals surface area contributed by atoms with Gasteiger partial charge < -0.3 is 5.32 Å². The first-order chi connectivity index (χ1) is 8.81. The second-order valence-corrected chi connectivity index (χ2v) is 5.36. The van der Waals surface area contributed by atoms with Crippen molar-refractivity contribution in [2.75, 3.05) is 6.54 Å². The standard InChI is InChI=1S/C16H20N2/c1-3-18-16(14-9-11(14)2)13-6-4-5-12-7-8-17-10-15(12)13/h4-8,10-11,14,16,18H,3,9H2,1-2H3. The molecule has 0 radical (unpaired) electrons. The molecule has 1 aromatic carbocycles. The fraction of sp³-hybridized carbons (Fsp3) is 0.438. The van der Waals surface area contributed by atoms with Crippen LogP contribution in [0.3, 0.4) is 0 Å². The van der Waals surface area contributed by atoms with Gasteiger partial charge in [-0.05, 0) is 41.8 Å². The molecular formula is C16H20N2. The molecule has 1 saturated carbocycles. The van der Waals surface area contributed by atoms with Crippen molar-refractivity contribution in [2.45, 2.75) is 26.3 Å². The molecule has 18 heavy (non-hydrogen) atoms. The third kappa shape index (κ3) is 2.01. The fourth-order valence-electron chi connectivity index (χ4n) is 2.94. The second kappa shape index (κ2) is 4.69. The van der Waals surface area contributed by atoms with E-state index >= 15 is 0 Å². The Morgan fingerprint density at radius 2 is 2.22 bits per heavy atom. The number of rotatable bonds is 4. The first kappa shape index (κ1) is 11.7. The van der Waals surface area contributed by atoms with Crippen molar-refractivity contribution >= 4 is 10.8 Å². The Morgan fingerprint density at radius 3 is 2.94 bits per heavy atom. The van der Waals surface area contributed by atoms with Crippen molar-refractivity contribution < 1.29 is 0 Å². The summed E-state index contributed by atoms with van der Waals surface area (Å²) >= 11 is 0. The minimum absolute atomic E-state index is 0.484. The summed E-state index contributed by atoms with van der Waals surface area (Å²) in [5.41, 5.74) is 1.41. The molecule has 0 amide bonds. The molecule has 1 aliphatic carbocycles. The van der Waals surface area contributed by atoms with Crippen LogP contribution >= 0.6 is 0 Å². The number of benzene rings is 1. The lowest BCUT2D eigenvalue weighted by atomic mass is 9.96. The normalized spacial score (nSPS) is 24.1. The molecule has 2 heteroatoms. The number of hydrogen-bond acceptors (Lipinski definition) is 2. The number of nitrogens with zero attached hydrogens (tertiary/aromatic N) is 1. The van der Waals surface area contributed by atoms with Gasteiger partial charge in [0, 0.05) is 23.8 Å². The van der Waals surface area contributed by atoms with Crippen LogP contribution in [0, 0.1) is 11.8 Å². The molecule has 0 saturated heterocycles. The quantitative estimate of drug-likeness (QED) is 0.884. The zero-order valence-corrected chi connectivity index (χ0v) is 11.1. The van der Waals surface area contributed by atoms with Crippen molar-refractivity contribution in [3.63, 3.8) is 0 Å². The van der Waals surface area contributed by atoms with E-state index < -0.39 is 0 Å². The molecular weight excluding hydrogens is 220 g/mol. The maximum absolute atomic E-state index is 4.29. The number of hydrogen-bond donors (Lipinski definition) is 1. The van der Waals surface area contributed by atoms with Gasteiger partial charge >= 0.3 is 0 Å². The van der Waals surface area contributed by atoms with Crippen LogP contribution in [0.25, 0.3) is 10.8 Å². The van der Waals surface area contributed by atoms with E-state index in [9.17, 15) is 0 Å². The monoisotopic (exact) mass is 240 g/mol. The van der Waals surface area contributed by atoms with Gasteiger partial charge in [-0.2, -0.15) is 0 Å². The lowest BCUT2D eigenvalue weighted by Gasteiger charge is -2.20. The number of pyridine rings is 1. The Morgan fingerprint density at radius 1 is 1.39 bits per heavy atom. The summed E-state index contributed by atoms with van der Waals surface area (Å²) in [5, 5.41) is 6.24. The first-order valence-electron chi connectivity index (χ1n) is 6.87. The van der Waals surface area contributed by atoms with Crippen LogP contribution in [0.15, 0.2) is 36.7 Å². The van der Waals surface area contributed by atoms with Gasteiger partial charge in [0.05, 0.1) is 0 Å². The molecule has 1 N–H and O–H groups in total. The van der Waals surface area contributed by atoms with Gasteiger partial charge in [-0.3, -0.25) is 4.98 Å². The average Bonchev–Trinajstić information content (AvgIpc) is 3.12. The molecule has 0 bridgehead atoms. The zero-order valence-electron chi connectivity index (χ0n) is 11.1. The molecule has 2 nitrogen and oxygen atoms in total. The van der Waals surface area contributed by atoms with Crippen LogP contribution in [0.1, 0.15) is 31.9 Å². The summed E-state index contributed by atoms with van der Waals surface area (Å²) in [6.07, 6.45) is 5.21. The van der Waals surface area contributed by atoms with Crippen molar-refractivity contribution in [1.82, 2.24) is 10.3 Å². The summed E-state index contributed by atoms with van der Waals surface area (Å²) in [7, 11) is 0. The predicted molar refractivity (Wildman–Crippen MR) is 75.4 cm³/mol. The van der Waals surface area contributed by atoms with E-state index in [2.05, 4.69) is 48.4 Å². The molecule has 1 heterocycles. The lowest BCUT2D eigenvalue weighted by Crippen LogP contribution is -2.23. The highest BCUT2D eigenvalue weighted by Gasteiger charge is 2.40. The highest BCUT2D eigenvalue weighted by molar-refractivity contribution is 5.85. The van der Waals surface area contributed by atoms with Crippen LogP contribution in [0.5, 0.6) is 0 Å². The molecule has 3 unspecified atom stereocenters. The van der Waals surface area contributed by atoms with E-state index in [4.69, 9.17) is 0 Å². The zero-order chi connectivity index (χ0) is 12.5. The van der Waals surface area contributed by atoms with Crippen molar-refractivity contribution in [2.24, 2.45) is 11.8 Å². The Balaban J connectivity index is 2.05. The van der Waals surface area contributed by atoms with E-state index in [1.165, 1.54) is 22.8 Å². The molecule has 3 rings (SSSR count). The number of nitrogens with one attached hydrogen (secondary N) is 1. The van der Waals surface area contributed by atoms with Crippen LogP contribution < -0.4 is 5.32 Å². The van der Waals surface area contributed by atoms with E-state index in [1.54, 1.807) is 0 Å². The van der Waals surface area contributed by atoms with Gasteiger partial charge in [0.1, 0.15) is 0 Å². The van der Waals surface area contributed by atoms with Gasteiger partial charge in [-0.1, -0.05) is 32.0 Å². The van der Waals surface area contributed by atoms with Crippen LogP contribution in [-0.2, 0) is 0 Å². The Bertz CT molecular complexity index is 544. The predicted octanol–water partition coefficient (Wildman–Crippen LogP) is 3.54. The van der Waals surface area contributed by atoms with Crippen LogP contribution in [0.4, 0.5) is 0 Å². The van der Waals surface area contributed by atoms with E-state index in [1.807, 2.05) is 12.4 Å². The third-order valence-corrected chi connectivity index (χ3v) is 4.08. The number of aromatic nitrogens is 1. The summed E-state index contributed by atoms with van der Waals surface area (Å²) in [6.45, 7) is 5.55. The van der Waals surface area contributed by atoms with Crippen LogP contribution in [0.2, 0.25) is 0 Å². The maximum Gasteiger partial charge on any atom is 0.0357 e. The van der Waals surface area contributed by atoms with Gasteiger partial charge in [0.15, 0.2) is 0 Å². The summed E-state index contributed by atoms with van der Waals surface area (Å²) < 4.78 is 0. The Labute approximate surface area is 108 Å². The molecule has 1 fully saturated rings. The largest absolute Gasteiger partial charge is 0.310 e. The lowest BCUT2D eigenvalue weighted by molar-refractivity contribution is 0.478. The molecule has 0 aliphatic heterocycles. The van der Waals surface area contributed by atoms with E-state index in [0.717, 1.165) is 18.4 Å². The highest BCUT2D eigenvalue weighted by atomic mass is 14.9. The van der Waals surface area contributed by atoms with Crippen LogP contribution in [-0.4, -0.2) is 11.5 Å². The average molecular weight is 240 g/mol. The van der Waals surface area contributed by atoms with Crippen molar-refractivity contribution in [3.8, 4) is 0 Å². The first-order valence-corrected chi connectivity index (χ1v) is 6.87. The topological polar surface area (TPSA) is 24.9 Å². The summed E-state index contributed by atoms with van der Waals surface area (Å²) in [5.74, 6) is 1.64. The molecule has 1 aromatic heterocycles. The summed E-state index contributed by atoms with van der Waals surface area (Å²) in [6, 6.07) is 9.16. The molecule has 3 atom stereocenters. The Hall–Kier alpha value is -1.41. The van der Waals surface area contributed by atoms with Crippen molar-refractivity contribution in [3.05, 3.63) is 42.2 Å². The smallest absolute Gasteiger partial charge is 0.0357 e. The van der Waals surface area contributed by atoms with Gasteiger partial charge in [-0.15, -0.1) is 0 Å². The van der Waals surface area contributed by atoms with Gasteiger partial charge in [0.25, 0.3) is 0 Å². The van der Waals surface area contributed by atoms with Gasteiger partial charge in [-0.25, -0.2) is 0 Å². The SMILES string of the molecule is CCNC(c1cccc2ccncc12)C1CC1C. The fourth-order valence-corrected chi connectivity index (χ4v) is 2.94. The maximum atomic E-state index is 4.29. The number of fused-ring (bicyclic) bond motifs is 1. The molecule has 1 aliphatic rings. The Kier molecular flexibility index (Phi) is 3.04. The second-order valence-electron chi connectivity index (χ2n) is 5.36. The van der Waals surface area contributed by atoms with Gasteiger partial charge in [0.2, 0.25) is 0 Å². The van der Waals surface area contributed by atoms with Crippen molar-refractivity contribution in [1.29, 1.82) is 0 Å². The minimum atomic E-state index is 0.484. The molecule has 0 spiro atoms. The van der Waals surface area contributed by atoms with E-state index in [0.29, 0.717) is 6.04 Å². The summed E-state index contributed by atoms with van der Waals surface area (Å²) in [4.78, 5) is 4.29. The minimum Gasteiger partial charge on any atom is -0.310 e. The van der Waals surface area contributed by atoms with E-state index in [-0.39, 0.29) is 0 Å². The molecule has 2 aromatic rings.